The number of anilines is 1. The van der Waals surface area contributed by atoms with E-state index < -0.39 is 89.1 Å². The van der Waals surface area contributed by atoms with Crippen molar-refractivity contribution in [3.63, 3.8) is 0 Å². The molecule has 2 aromatic carbocycles. The second-order valence-corrected chi connectivity index (χ2v) is 20.3. The number of carbonyl (C=O) groups excluding carboxylic acids is 2. The summed E-state index contributed by atoms with van der Waals surface area (Å²) in [6, 6.07) is 6.68. The topological polar surface area (TPSA) is 156 Å². The summed E-state index contributed by atoms with van der Waals surface area (Å²) >= 11 is 8.46. The second-order valence-electron chi connectivity index (χ2n) is 17.0. The number of urea groups is 1. The number of nitrogens with zero attached hydrogens (tertiary/aromatic N) is 7. The fraction of sp³-hybridized carbons (Fsp3) is 0.489. The maximum absolute atomic E-state index is 14.1. The quantitative estimate of drug-likeness (QED) is 0.0816. The maximum Gasteiger partial charge on any atom is 0.435 e. The van der Waals surface area contributed by atoms with Crippen LogP contribution < -0.4 is 9.62 Å². The Hall–Kier alpha value is -5.43. The van der Waals surface area contributed by atoms with E-state index in [1.165, 1.54) is 32.2 Å². The Kier molecular flexibility index (Phi) is 21.8. The normalized spacial score (nSPS) is 13.8. The number of halogens is 11. The monoisotopic (exact) mass is 1100 g/mol. The predicted molar refractivity (Wildman–Crippen MR) is 262 cm³/mol. The van der Waals surface area contributed by atoms with Crippen LogP contribution in [0.3, 0.4) is 0 Å². The number of carboxylic acids is 1. The van der Waals surface area contributed by atoms with Crippen LogP contribution in [0.1, 0.15) is 101 Å². The molecule has 404 valence electrons. The van der Waals surface area contributed by atoms with Crippen molar-refractivity contribution >= 4 is 69.5 Å². The number of rotatable bonds is 14. The summed E-state index contributed by atoms with van der Waals surface area (Å²) in [6.45, 7) is 12.0. The molecule has 2 atom stereocenters. The zero-order valence-electron chi connectivity index (χ0n) is 41.5. The van der Waals surface area contributed by atoms with E-state index in [4.69, 9.17) is 16.7 Å². The zero-order valence-corrected chi connectivity index (χ0v) is 43.9. The van der Waals surface area contributed by atoms with E-state index in [0.717, 1.165) is 28.0 Å². The van der Waals surface area contributed by atoms with E-state index >= 15 is 0 Å². The van der Waals surface area contributed by atoms with Gasteiger partial charge in [0.25, 0.3) is 5.92 Å². The molecule has 0 saturated carbocycles. The summed E-state index contributed by atoms with van der Waals surface area (Å²) in [5.74, 6) is -6.48. The minimum absolute atomic E-state index is 0.00794. The average Bonchev–Trinajstić information content (AvgIpc) is 3.95. The number of hydrogen-bond donors (Lipinski definition) is 2. The highest BCUT2D eigenvalue weighted by molar-refractivity contribution is 7.99. The largest absolute Gasteiger partial charge is 0.481 e. The van der Waals surface area contributed by atoms with Crippen molar-refractivity contribution in [2.45, 2.75) is 123 Å². The first kappa shape index (κ1) is 61.9. The Morgan fingerprint density at radius 3 is 2.10 bits per heavy atom. The van der Waals surface area contributed by atoms with Gasteiger partial charge in [0.15, 0.2) is 11.5 Å². The van der Waals surface area contributed by atoms with Gasteiger partial charge in [0.05, 0.1) is 27.7 Å². The van der Waals surface area contributed by atoms with Crippen LogP contribution in [0.5, 0.6) is 0 Å². The molecular weight excluding hydrogens is 1050 g/mol. The number of pyridine rings is 1. The van der Waals surface area contributed by atoms with Crippen LogP contribution in [-0.2, 0) is 58.6 Å². The van der Waals surface area contributed by atoms with E-state index in [1.54, 1.807) is 13.0 Å². The van der Waals surface area contributed by atoms with Gasteiger partial charge in [-0.3, -0.25) is 23.9 Å². The molecule has 3 amide bonds. The van der Waals surface area contributed by atoms with E-state index in [1.807, 2.05) is 25.6 Å². The lowest BCUT2D eigenvalue weighted by molar-refractivity contribution is -0.142. The number of aromatic nitrogens is 5. The lowest BCUT2D eigenvalue weighted by atomic mass is 9.94. The summed E-state index contributed by atoms with van der Waals surface area (Å²) < 4.78 is 150. The minimum Gasteiger partial charge on any atom is -0.481 e. The van der Waals surface area contributed by atoms with Crippen LogP contribution >= 0.6 is 23.4 Å². The molecule has 0 fully saturated rings. The Bertz CT molecular complexity index is 2730. The number of thioether (sulfide) groups is 1. The SMILES string of the molecule is CC.CCn1nc(C(F)(F)F)c2c1C(F)(F)CC2.CSC(C)(C)C.Cc1ccc(-c2ccc(Cl)c3c(N(C(=O)N(C)CCCC(=O)O)S(C)=O)nn(CC(F)(F)F)c23)c(C(Cc2cc(F)cc(F)c2)NC=O)n1. The molecule has 3 heterocycles. The fourth-order valence-electron chi connectivity index (χ4n) is 7.30. The van der Waals surface area contributed by atoms with Gasteiger partial charge in [-0.15, -0.1) is 0 Å². The predicted octanol–water partition coefficient (Wildman–Crippen LogP) is 12.1. The van der Waals surface area contributed by atoms with Gasteiger partial charge in [0.1, 0.15) is 34.9 Å². The van der Waals surface area contributed by atoms with Crippen molar-refractivity contribution in [1.29, 1.82) is 0 Å². The molecule has 3 aromatic heterocycles. The van der Waals surface area contributed by atoms with Gasteiger partial charge in [-0.25, -0.2) is 17.8 Å². The summed E-state index contributed by atoms with van der Waals surface area (Å²) in [6.07, 6.45) is -7.13. The molecule has 0 spiro atoms. The van der Waals surface area contributed by atoms with Crippen molar-refractivity contribution < 1.29 is 67.6 Å². The molecule has 73 heavy (non-hydrogen) atoms. The number of carbonyl (C=O) groups is 3. The van der Waals surface area contributed by atoms with Crippen molar-refractivity contribution in [2.24, 2.45) is 0 Å². The molecule has 1 aliphatic carbocycles. The number of benzene rings is 2. The lowest BCUT2D eigenvalue weighted by Gasteiger charge is -2.24. The van der Waals surface area contributed by atoms with Crippen LogP contribution in [0, 0.1) is 18.6 Å². The van der Waals surface area contributed by atoms with Gasteiger partial charge < -0.3 is 15.3 Å². The molecule has 2 unspecified atom stereocenters. The molecule has 1 aliphatic rings. The van der Waals surface area contributed by atoms with Gasteiger partial charge in [0, 0.05) is 72.4 Å². The van der Waals surface area contributed by atoms with Crippen LogP contribution in [0.25, 0.3) is 22.0 Å². The first-order valence-corrected chi connectivity index (χ1v) is 25.5. The van der Waals surface area contributed by atoms with Gasteiger partial charge >= 0.3 is 24.4 Å². The Morgan fingerprint density at radius 2 is 1.59 bits per heavy atom. The van der Waals surface area contributed by atoms with Crippen LogP contribution in [-0.4, -0.2) is 94.2 Å². The number of nitrogens with one attached hydrogen (secondary N) is 1. The van der Waals surface area contributed by atoms with Gasteiger partial charge in [0.2, 0.25) is 6.41 Å². The van der Waals surface area contributed by atoms with Gasteiger partial charge in [-0.05, 0) is 69.2 Å². The van der Waals surface area contributed by atoms with Gasteiger partial charge in [-0.2, -0.15) is 61.4 Å². The third-order valence-electron chi connectivity index (χ3n) is 10.6. The van der Waals surface area contributed by atoms with E-state index in [9.17, 15) is 62.5 Å². The smallest absolute Gasteiger partial charge is 0.435 e. The zero-order chi connectivity index (χ0) is 55.6. The number of carboxylic acid groups (broad SMARTS) is 1. The number of aliphatic carboxylic acids is 1. The minimum atomic E-state index is -4.83. The average molecular weight is 1100 g/mol. The molecule has 13 nitrogen and oxygen atoms in total. The van der Waals surface area contributed by atoms with E-state index in [2.05, 4.69) is 47.5 Å². The first-order chi connectivity index (χ1) is 33.8. The maximum atomic E-state index is 14.1. The lowest BCUT2D eigenvalue weighted by Crippen LogP contribution is -2.43. The standard InChI is InChI=1S/C31H30ClF5N6O5S.C9H9F5N2.C5H12S.C2H6/c1-17-6-7-21(27(39-17)24(38-16-44)13-18-11-19(33)14-20(34)12-18)22-8-9-23(32)26-28(22)42(15-31(35,36)37)40-29(26)43(49(3)48)30(47)41(2)10-4-5-25(45)46;1-2-16-7-5(3-4-8(7,10)11)6(15-16)9(12,13)14;1-5(2,3)6-4;1-2/h6-9,11-12,14,16,24H,4-5,10,13,15H2,1-3H3,(H,38,44)(H,45,46);2-4H2,1H3;1-4H3;1-2H3. The number of aryl methyl sites for hydroxylation is 2. The Labute approximate surface area is 427 Å². The number of amides is 3. The number of hydrogen-bond acceptors (Lipinski definition) is 8. The fourth-order valence-corrected chi connectivity index (χ4v) is 8.27. The van der Waals surface area contributed by atoms with E-state index in [0.29, 0.717) is 31.9 Å². The highest BCUT2D eigenvalue weighted by Crippen LogP contribution is 2.47. The highest BCUT2D eigenvalue weighted by atomic mass is 35.5. The van der Waals surface area contributed by atoms with E-state index in [-0.39, 0.29) is 82.6 Å². The van der Waals surface area contributed by atoms with Crippen molar-refractivity contribution in [1.82, 2.24) is 34.8 Å². The molecule has 0 saturated heterocycles. The number of alkyl halides is 8. The molecule has 0 radical (unpaired) electrons. The van der Waals surface area contributed by atoms with Crippen molar-refractivity contribution in [3.05, 3.63) is 93.0 Å². The third kappa shape index (κ3) is 16.5. The van der Waals surface area contributed by atoms with Crippen molar-refractivity contribution in [3.8, 4) is 11.1 Å². The summed E-state index contributed by atoms with van der Waals surface area (Å²) in [7, 11) is -0.895. The highest BCUT2D eigenvalue weighted by Gasteiger charge is 2.50. The molecule has 5 aromatic rings. The Balaban J connectivity index is 0.000000479. The van der Waals surface area contributed by atoms with Crippen LogP contribution in [0.15, 0.2) is 42.5 Å². The molecular formula is C47H57ClF10N8O5S2. The molecule has 0 aliphatic heterocycles. The van der Waals surface area contributed by atoms with Crippen LogP contribution in [0.4, 0.5) is 54.5 Å². The Morgan fingerprint density at radius 1 is 1.00 bits per heavy atom. The number of fused-ring (bicyclic) bond motifs is 2. The van der Waals surface area contributed by atoms with Crippen LogP contribution in [0.2, 0.25) is 5.02 Å². The molecule has 26 heteroatoms. The summed E-state index contributed by atoms with van der Waals surface area (Å²) in [5, 5.41) is 18.6. The molecule has 0 bridgehead atoms. The summed E-state index contributed by atoms with van der Waals surface area (Å²) in [5.41, 5.74) is -1.29. The van der Waals surface area contributed by atoms with Crippen molar-refractivity contribution in [2.75, 3.05) is 30.4 Å². The first-order valence-electron chi connectivity index (χ1n) is 22.4. The van der Waals surface area contributed by atoms with Gasteiger partial charge in [-0.1, -0.05) is 58.4 Å². The third-order valence-corrected chi connectivity index (χ3v) is 13.0. The molecule has 2 N–H and O–H groups in total. The molecule has 6 rings (SSSR count). The second kappa shape index (κ2) is 25.7. The summed E-state index contributed by atoms with van der Waals surface area (Å²) in [4.78, 5) is 41.8.